The molecule has 0 radical (unpaired) electrons. The predicted octanol–water partition coefficient (Wildman–Crippen LogP) is 3.70. The Labute approximate surface area is 204 Å². The Kier molecular flexibility index (Phi) is 6.41. The molecule has 4 heterocycles. The fourth-order valence-electron chi connectivity index (χ4n) is 4.49. The molecular weight excluding hydrogens is 485 g/mol. The second-order valence-electron chi connectivity index (χ2n) is 8.13. The lowest BCUT2D eigenvalue weighted by Gasteiger charge is -2.32. The zero-order valence-electron chi connectivity index (χ0n) is 17.8. The van der Waals surface area contributed by atoms with Crippen LogP contribution in [0.3, 0.4) is 0 Å². The zero-order valence-corrected chi connectivity index (χ0v) is 20.2. The number of anilines is 1. The highest BCUT2D eigenvalue weighted by Gasteiger charge is 2.27. The van der Waals surface area contributed by atoms with Crippen LogP contribution in [0.25, 0.3) is 21.9 Å². The lowest BCUT2D eigenvalue weighted by molar-refractivity contribution is 0.0703. The van der Waals surface area contributed by atoms with Crippen molar-refractivity contribution >= 4 is 69.2 Å². The number of aromatic nitrogens is 3. The van der Waals surface area contributed by atoms with Crippen LogP contribution in [0.4, 0.5) is 5.95 Å². The maximum atomic E-state index is 13.5. The van der Waals surface area contributed by atoms with Crippen molar-refractivity contribution in [3.63, 3.8) is 0 Å². The third kappa shape index (κ3) is 3.89. The standard InChI is InChI=1S/C22H22ClN5O3S.ClH/c1-26-17-14(11-32-19(17)21(30)31)16-18(20(26)29)28(9-12-5-2-3-7-15(12)23)22(25-16)27-8-4-6-13(24)10-27;/h2-3,5,7,11,13H,4,6,8-10,24H2,1H3,(H,30,31);1H/t13-;/m1./s1. The minimum absolute atomic E-state index is 0. The molecule has 0 bridgehead atoms. The van der Waals surface area contributed by atoms with Crippen molar-refractivity contribution in [1.82, 2.24) is 14.1 Å². The molecule has 0 aliphatic carbocycles. The molecule has 8 nitrogen and oxygen atoms in total. The summed E-state index contributed by atoms with van der Waals surface area (Å²) in [5.41, 5.74) is 8.15. The van der Waals surface area contributed by atoms with Gasteiger partial charge in [-0.1, -0.05) is 29.8 Å². The number of rotatable bonds is 4. The summed E-state index contributed by atoms with van der Waals surface area (Å²) in [6, 6.07) is 7.55. The number of piperidine rings is 1. The molecule has 3 aromatic heterocycles. The van der Waals surface area contributed by atoms with Crippen molar-refractivity contribution in [2.45, 2.75) is 25.4 Å². The van der Waals surface area contributed by atoms with E-state index in [0.717, 1.165) is 36.3 Å². The van der Waals surface area contributed by atoms with E-state index < -0.39 is 5.97 Å². The molecule has 0 spiro atoms. The van der Waals surface area contributed by atoms with Gasteiger partial charge >= 0.3 is 5.97 Å². The first kappa shape index (κ1) is 23.6. The first-order valence-electron chi connectivity index (χ1n) is 10.3. The second kappa shape index (κ2) is 8.98. The maximum absolute atomic E-state index is 13.5. The lowest BCUT2D eigenvalue weighted by atomic mass is 10.1. The summed E-state index contributed by atoms with van der Waals surface area (Å²) in [5.74, 6) is -0.403. The molecule has 1 aliphatic heterocycles. The third-order valence-corrected chi connectivity index (χ3v) is 7.36. The van der Waals surface area contributed by atoms with Crippen LogP contribution in [-0.4, -0.2) is 44.3 Å². The SMILES string of the molecule is Cl.Cn1c(=O)c2c(nc(N3CCC[C@@H](N)C3)n2Cc2ccccc2Cl)c2csc(C(=O)O)c21. The number of nitrogens with zero attached hydrogens (tertiary/aromatic N) is 4. The molecule has 0 saturated carbocycles. The van der Waals surface area contributed by atoms with E-state index in [2.05, 4.69) is 4.90 Å². The van der Waals surface area contributed by atoms with Gasteiger partial charge in [-0.05, 0) is 24.5 Å². The smallest absolute Gasteiger partial charge is 0.348 e. The molecule has 1 aliphatic rings. The molecule has 0 unspecified atom stereocenters. The molecule has 1 atom stereocenters. The number of carboxylic acids is 1. The van der Waals surface area contributed by atoms with E-state index in [1.54, 1.807) is 12.4 Å². The first-order valence-corrected chi connectivity index (χ1v) is 11.6. The van der Waals surface area contributed by atoms with Gasteiger partial charge in [-0.3, -0.25) is 4.79 Å². The number of carbonyl (C=O) groups is 1. The van der Waals surface area contributed by atoms with Gasteiger partial charge in [-0.25, -0.2) is 9.78 Å². The Hall–Kier alpha value is -2.59. The van der Waals surface area contributed by atoms with Crippen molar-refractivity contribution in [2.24, 2.45) is 12.8 Å². The summed E-state index contributed by atoms with van der Waals surface area (Å²) in [4.78, 5) is 32.4. The summed E-state index contributed by atoms with van der Waals surface area (Å²) in [6.45, 7) is 1.79. The number of fused-ring (bicyclic) bond motifs is 3. The number of aryl methyl sites for hydroxylation is 1. The Balaban J connectivity index is 0.00000259. The molecule has 5 rings (SSSR count). The Morgan fingerprint density at radius 3 is 2.79 bits per heavy atom. The quantitative estimate of drug-likeness (QED) is 0.436. The average Bonchev–Trinajstić information content (AvgIpc) is 3.36. The van der Waals surface area contributed by atoms with Gasteiger partial charge in [0.15, 0.2) is 0 Å². The Morgan fingerprint density at radius 1 is 1.33 bits per heavy atom. The van der Waals surface area contributed by atoms with Crippen molar-refractivity contribution < 1.29 is 9.90 Å². The van der Waals surface area contributed by atoms with Crippen LogP contribution in [0.2, 0.25) is 5.02 Å². The van der Waals surface area contributed by atoms with Gasteiger partial charge in [-0.15, -0.1) is 23.7 Å². The summed E-state index contributed by atoms with van der Waals surface area (Å²) >= 11 is 7.55. The van der Waals surface area contributed by atoms with Gasteiger partial charge in [0, 0.05) is 42.0 Å². The van der Waals surface area contributed by atoms with Crippen LogP contribution >= 0.6 is 35.3 Å². The number of imidazole rings is 1. The first-order chi connectivity index (χ1) is 15.4. The topological polar surface area (TPSA) is 106 Å². The van der Waals surface area contributed by atoms with E-state index in [0.29, 0.717) is 46.0 Å². The van der Waals surface area contributed by atoms with Gasteiger partial charge in [0.1, 0.15) is 15.9 Å². The van der Waals surface area contributed by atoms with Crippen LogP contribution in [0.15, 0.2) is 34.4 Å². The van der Waals surface area contributed by atoms with Crippen LogP contribution in [0.5, 0.6) is 0 Å². The average molecular weight is 508 g/mol. The minimum atomic E-state index is -1.06. The largest absolute Gasteiger partial charge is 0.477 e. The Bertz CT molecular complexity index is 1430. The molecule has 1 saturated heterocycles. The van der Waals surface area contributed by atoms with E-state index in [9.17, 15) is 14.7 Å². The number of halogens is 2. The number of hydrogen-bond acceptors (Lipinski definition) is 6. The number of nitrogens with two attached hydrogens (primary N) is 1. The fourth-order valence-corrected chi connectivity index (χ4v) is 5.60. The molecule has 0 amide bonds. The van der Waals surface area contributed by atoms with Crippen molar-refractivity contribution in [1.29, 1.82) is 0 Å². The normalized spacial score (nSPS) is 16.3. The fraction of sp³-hybridized carbons (Fsp3) is 0.318. The molecule has 33 heavy (non-hydrogen) atoms. The highest BCUT2D eigenvalue weighted by molar-refractivity contribution is 7.13. The molecular formula is C22H23Cl2N5O3S. The molecule has 11 heteroatoms. The zero-order chi connectivity index (χ0) is 22.6. The minimum Gasteiger partial charge on any atom is -0.477 e. The molecule has 174 valence electrons. The number of hydrogen-bond donors (Lipinski definition) is 2. The van der Waals surface area contributed by atoms with Crippen LogP contribution in [0.1, 0.15) is 28.1 Å². The lowest BCUT2D eigenvalue weighted by Crippen LogP contribution is -2.44. The van der Waals surface area contributed by atoms with Crippen molar-refractivity contribution in [3.8, 4) is 0 Å². The van der Waals surface area contributed by atoms with E-state index in [1.807, 2.05) is 28.8 Å². The van der Waals surface area contributed by atoms with E-state index >= 15 is 0 Å². The maximum Gasteiger partial charge on any atom is 0.348 e. The van der Waals surface area contributed by atoms with Crippen molar-refractivity contribution in [3.05, 3.63) is 55.5 Å². The second-order valence-corrected chi connectivity index (χ2v) is 9.42. The summed E-state index contributed by atoms with van der Waals surface area (Å²) in [6.07, 6.45) is 1.88. The molecule has 1 fully saturated rings. The summed E-state index contributed by atoms with van der Waals surface area (Å²) in [7, 11) is 1.60. The van der Waals surface area contributed by atoms with Crippen molar-refractivity contribution in [2.75, 3.05) is 18.0 Å². The molecule has 1 aromatic carbocycles. The number of benzene rings is 1. The number of pyridine rings is 1. The number of thiophene rings is 1. The predicted molar refractivity (Wildman–Crippen MR) is 135 cm³/mol. The van der Waals surface area contributed by atoms with Crippen LogP contribution in [-0.2, 0) is 13.6 Å². The van der Waals surface area contributed by atoms with Gasteiger partial charge in [-0.2, -0.15) is 0 Å². The summed E-state index contributed by atoms with van der Waals surface area (Å²) in [5, 5.41) is 12.6. The highest BCUT2D eigenvalue weighted by Crippen LogP contribution is 2.33. The van der Waals surface area contributed by atoms with Gasteiger partial charge in [0.05, 0.1) is 12.1 Å². The van der Waals surface area contributed by atoms with Crippen LogP contribution < -0.4 is 16.2 Å². The highest BCUT2D eigenvalue weighted by atomic mass is 35.5. The van der Waals surface area contributed by atoms with Gasteiger partial charge in [0.25, 0.3) is 5.56 Å². The monoisotopic (exact) mass is 507 g/mol. The van der Waals surface area contributed by atoms with Gasteiger partial charge < -0.3 is 24.9 Å². The number of carboxylic acid groups (broad SMARTS) is 1. The Morgan fingerprint density at radius 2 is 2.09 bits per heavy atom. The number of aromatic carboxylic acids is 1. The summed E-state index contributed by atoms with van der Waals surface area (Å²) < 4.78 is 3.31. The molecule has 3 N–H and O–H groups in total. The van der Waals surface area contributed by atoms with E-state index in [-0.39, 0.29) is 28.9 Å². The van der Waals surface area contributed by atoms with Crippen LogP contribution in [0, 0.1) is 0 Å². The van der Waals surface area contributed by atoms with Gasteiger partial charge in [0.2, 0.25) is 5.95 Å². The van der Waals surface area contributed by atoms with E-state index in [4.69, 9.17) is 22.3 Å². The van der Waals surface area contributed by atoms with E-state index in [1.165, 1.54) is 4.57 Å². The molecule has 4 aromatic rings. The third-order valence-electron chi connectivity index (χ3n) is 6.03.